The SMILES string of the molecule is O=C(O)Cn1nnc(-c2cc(OCCCOc3cc(F)cc(F)c3Br)no2)n1. The summed E-state index contributed by atoms with van der Waals surface area (Å²) in [7, 11) is 0. The average molecular weight is 460 g/mol. The third-order valence-corrected chi connectivity index (χ3v) is 3.96. The number of benzene rings is 1. The summed E-state index contributed by atoms with van der Waals surface area (Å²) < 4.78 is 42.3. The molecular weight excluding hydrogens is 448 g/mol. The Labute approximate surface area is 164 Å². The van der Waals surface area contributed by atoms with Gasteiger partial charge in [-0.1, -0.05) is 0 Å². The number of carboxylic acid groups (broad SMARTS) is 1. The normalized spacial score (nSPS) is 10.8. The van der Waals surface area contributed by atoms with E-state index < -0.39 is 24.1 Å². The van der Waals surface area contributed by atoms with Crippen molar-refractivity contribution in [3.63, 3.8) is 0 Å². The summed E-state index contributed by atoms with van der Waals surface area (Å²) in [6.07, 6.45) is 0.403. The lowest BCUT2D eigenvalue weighted by molar-refractivity contribution is -0.138. The molecule has 0 aliphatic rings. The quantitative estimate of drug-likeness (QED) is 0.378. The molecule has 28 heavy (non-hydrogen) atoms. The number of hydrogen-bond acceptors (Lipinski definition) is 8. The molecular formula is C15H12BrF2N5O5. The predicted molar refractivity (Wildman–Crippen MR) is 90.6 cm³/mol. The van der Waals surface area contributed by atoms with Crippen molar-refractivity contribution in [3.05, 3.63) is 34.3 Å². The van der Waals surface area contributed by atoms with Crippen LogP contribution in [0.1, 0.15) is 6.42 Å². The Balaban J connectivity index is 1.46. The van der Waals surface area contributed by atoms with Crippen LogP contribution in [0.5, 0.6) is 11.6 Å². The maximum absolute atomic E-state index is 13.4. The lowest BCUT2D eigenvalue weighted by Crippen LogP contribution is -2.11. The van der Waals surface area contributed by atoms with E-state index in [0.717, 1.165) is 16.9 Å². The van der Waals surface area contributed by atoms with Gasteiger partial charge in [-0.3, -0.25) is 4.79 Å². The molecule has 0 fully saturated rings. The van der Waals surface area contributed by atoms with Gasteiger partial charge in [0.15, 0.2) is 6.54 Å². The lowest BCUT2D eigenvalue weighted by atomic mass is 10.3. The monoisotopic (exact) mass is 459 g/mol. The first kappa shape index (κ1) is 19.7. The van der Waals surface area contributed by atoms with Gasteiger partial charge in [0.1, 0.15) is 17.4 Å². The fourth-order valence-electron chi connectivity index (χ4n) is 2.02. The number of rotatable bonds is 9. The predicted octanol–water partition coefficient (Wildman–Crippen LogP) is 2.30. The van der Waals surface area contributed by atoms with Crippen LogP contribution in [-0.4, -0.2) is 49.7 Å². The van der Waals surface area contributed by atoms with Crippen LogP contribution in [0.2, 0.25) is 0 Å². The van der Waals surface area contributed by atoms with Crippen molar-refractivity contribution in [3.8, 4) is 23.2 Å². The molecule has 3 aromatic rings. The van der Waals surface area contributed by atoms with Gasteiger partial charge in [-0.05, 0) is 26.3 Å². The van der Waals surface area contributed by atoms with Crippen LogP contribution >= 0.6 is 15.9 Å². The van der Waals surface area contributed by atoms with Crippen molar-refractivity contribution < 1.29 is 32.7 Å². The van der Waals surface area contributed by atoms with Crippen LogP contribution in [0.15, 0.2) is 27.2 Å². The highest BCUT2D eigenvalue weighted by Gasteiger charge is 2.14. The number of aromatic nitrogens is 5. The Bertz CT molecular complexity index is 980. The van der Waals surface area contributed by atoms with E-state index in [9.17, 15) is 13.6 Å². The van der Waals surface area contributed by atoms with Gasteiger partial charge in [0, 0.05) is 18.6 Å². The first-order valence-electron chi connectivity index (χ1n) is 7.79. The topological polar surface area (TPSA) is 125 Å². The van der Waals surface area contributed by atoms with Gasteiger partial charge in [0.25, 0.3) is 5.88 Å². The van der Waals surface area contributed by atoms with Gasteiger partial charge >= 0.3 is 5.97 Å². The molecule has 0 aliphatic carbocycles. The Morgan fingerprint density at radius 3 is 2.82 bits per heavy atom. The molecule has 13 heteroatoms. The van der Waals surface area contributed by atoms with E-state index in [0.29, 0.717) is 6.42 Å². The highest BCUT2D eigenvalue weighted by atomic mass is 79.9. The number of aliphatic carboxylic acids is 1. The Morgan fingerprint density at radius 2 is 2.04 bits per heavy atom. The smallest absolute Gasteiger partial charge is 0.327 e. The molecule has 1 N–H and O–H groups in total. The zero-order valence-electron chi connectivity index (χ0n) is 14.0. The number of carboxylic acids is 1. The number of halogens is 3. The van der Waals surface area contributed by atoms with Gasteiger partial charge in [-0.15, -0.1) is 10.2 Å². The van der Waals surface area contributed by atoms with Gasteiger partial charge in [0.05, 0.1) is 23.8 Å². The summed E-state index contributed by atoms with van der Waals surface area (Å²) in [5, 5.41) is 23.4. The van der Waals surface area contributed by atoms with Gasteiger partial charge in [-0.25, -0.2) is 8.78 Å². The van der Waals surface area contributed by atoms with Gasteiger partial charge in [-0.2, -0.15) is 4.80 Å². The summed E-state index contributed by atoms with van der Waals surface area (Å²) in [5.41, 5.74) is 0. The van der Waals surface area contributed by atoms with E-state index in [1.54, 1.807) is 0 Å². The van der Waals surface area contributed by atoms with Gasteiger partial charge in [0.2, 0.25) is 11.6 Å². The van der Waals surface area contributed by atoms with Crippen molar-refractivity contribution in [1.82, 2.24) is 25.4 Å². The maximum Gasteiger partial charge on any atom is 0.327 e. The minimum Gasteiger partial charge on any atom is -0.492 e. The van der Waals surface area contributed by atoms with Crippen LogP contribution in [0.25, 0.3) is 11.6 Å². The molecule has 0 spiro atoms. The third kappa shape index (κ3) is 5.00. The van der Waals surface area contributed by atoms with Crippen molar-refractivity contribution in [2.45, 2.75) is 13.0 Å². The molecule has 0 saturated carbocycles. The van der Waals surface area contributed by atoms with Crippen molar-refractivity contribution in [2.24, 2.45) is 0 Å². The van der Waals surface area contributed by atoms with E-state index in [4.69, 9.17) is 19.1 Å². The molecule has 0 atom stereocenters. The fourth-order valence-corrected chi connectivity index (χ4v) is 2.36. The van der Waals surface area contributed by atoms with Crippen molar-refractivity contribution in [1.29, 1.82) is 0 Å². The summed E-state index contributed by atoms with van der Waals surface area (Å²) in [6.45, 7) is -0.0897. The fraction of sp³-hybridized carbons (Fsp3) is 0.267. The van der Waals surface area contributed by atoms with E-state index >= 15 is 0 Å². The highest BCUT2D eigenvalue weighted by molar-refractivity contribution is 9.10. The molecule has 0 unspecified atom stereocenters. The number of hydrogen-bond donors (Lipinski definition) is 1. The lowest BCUT2D eigenvalue weighted by Gasteiger charge is -2.09. The Kier molecular flexibility index (Phi) is 6.13. The molecule has 0 aliphatic heterocycles. The number of carbonyl (C=O) groups is 1. The molecule has 10 nitrogen and oxygen atoms in total. The number of nitrogens with zero attached hydrogens (tertiary/aromatic N) is 5. The van der Waals surface area contributed by atoms with E-state index in [-0.39, 0.29) is 40.9 Å². The summed E-state index contributed by atoms with van der Waals surface area (Å²) >= 11 is 2.99. The van der Waals surface area contributed by atoms with E-state index in [1.807, 2.05) is 0 Å². The summed E-state index contributed by atoms with van der Waals surface area (Å²) in [4.78, 5) is 11.5. The minimum atomic E-state index is -1.11. The maximum atomic E-state index is 13.4. The standard InChI is InChI=1S/C15H12BrF2N5O5/c16-14-9(18)4-8(17)5-10(14)26-2-1-3-27-12-6-11(28-21-12)15-19-22-23(20-15)7-13(24)25/h4-6H,1-3,7H2,(H,24,25). The molecule has 0 amide bonds. The zero-order chi connectivity index (χ0) is 20.1. The second-order valence-corrected chi connectivity index (χ2v) is 6.11. The average Bonchev–Trinajstić information content (AvgIpc) is 3.27. The van der Waals surface area contributed by atoms with Crippen LogP contribution in [-0.2, 0) is 11.3 Å². The zero-order valence-corrected chi connectivity index (χ0v) is 15.6. The first-order valence-corrected chi connectivity index (χ1v) is 8.58. The molecule has 2 heterocycles. The van der Waals surface area contributed by atoms with Crippen LogP contribution in [0, 0.1) is 11.6 Å². The molecule has 1 aromatic carbocycles. The summed E-state index contributed by atoms with van der Waals surface area (Å²) in [5.74, 6) is -2.18. The second-order valence-electron chi connectivity index (χ2n) is 5.32. The first-order chi connectivity index (χ1) is 13.4. The molecule has 148 valence electrons. The summed E-state index contributed by atoms with van der Waals surface area (Å²) in [6, 6.07) is 3.24. The minimum absolute atomic E-state index is 0.0411. The highest BCUT2D eigenvalue weighted by Crippen LogP contribution is 2.29. The molecule has 3 rings (SSSR count). The van der Waals surface area contributed by atoms with E-state index in [1.165, 1.54) is 6.07 Å². The Morgan fingerprint density at radius 1 is 1.25 bits per heavy atom. The van der Waals surface area contributed by atoms with Crippen molar-refractivity contribution in [2.75, 3.05) is 13.2 Å². The third-order valence-electron chi connectivity index (χ3n) is 3.19. The molecule has 2 aromatic heterocycles. The molecule has 0 saturated heterocycles. The largest absolute Gasteiger partial charge is 0.492 e. The van der Waals surface area contributed by atoms with Crippen LogP contribution < -0.4 is 9.47 Å². The van der Waals surface area contributed by atoms with Crippen LogP contribution in [0.3, 0.4) is 0 Å². The van der Waals surface area contributed by atoms with Crippen LogP contribution in [0.4, 0.5) is 8.78 Å². The second kappa shape index (κ2) is 8.73. The molecule has 0 radical (unpaired) electrons. The Hall–Kier alpha value is -3.09. The number of tetrazole rings is 1. The molecule has 0 bridgehead atoms. The van der Waals surface area contributed by atoms with Crippen molar-refractivity contribution >= 4 is 21.9 Å². The van der Waals surface area contributed by atoms with Gasteiger partial charge < -0.3 is 19.1 Å². The number of ether oxygens (including phenoxy) is 2. The van der Waals surface area contributed by atoms with E-state index in [2.05, 4.69) is 36.5 Å².